The van der Waals surface area contributed by atoms with Gasteiger partial charge < -0.3 is 24.5 Å². The van der Waals surface area contributed by atoms with Crippen molar-refractivity contribution >= 4 is 51.5 Å². The zero-order valence-electron chi connectivity index (χ0n) is 27.1. The van der Waals surface area contributed by atoms with E-state index in [2.05, 4.69) is 43.2 Å². The number of pyridine rings is 2. The van der Waals surface area contributed by atoms with Gasteiger partial charge in [-0.25, -0.2) is 6.57 Å². The van der Waals surface area contributed by atoms with Crippen molar-refractivity contribution in [1.29, 1.82) is 5.26 Å². The number of benzene rings is 2. The van der Waals surface area contributed by atoms with Crippen LogP contribution in [0.2, 0.25) is 5.02 Å². The van der Waals surface area contributed by atoms with Crippen LogP contribution in [0.5, 0.6) is 11.5 Å². The minimum absolute atomic E-state index is 0. The second kappa shape index (κ2) is 21.2. The van der Waals surface area contributed by atoms with E-state index in [0.717, 1.165) is 72.3 Å². The molecule has 2 atom stereocenters. The van der Waals surface area contributed by atoms with E-state index in [1.807, 2.05) is 50.4 Å². The average Bonchev–Trinajstić information content (AvgIpc) is 3.11. The Morgan fingerprint density at radius 3 is 1.96 bits per heavy atom. The molecule has 2 aromatic carbocycles. The van der Waals surface area contributed by atoms with Gasteiger partial charge >= 0.3 is 0 Å². The lowest BCUT2D eigenvalue weighted by molar-refractivity contribution is 0.318. The van der Waals surface area contributed by atoms with Crippen LogP contribution in [0.3, 0.4) is 0 Å². The first kappa shape index (κ1) is 42.2. The van der Waals surface area contributed by atoms with Crippen LogP contribution in [0.4, 0.5) is 5.69 Å². The first-order valence-electron chi connectivity index (χ1n) is 15.6. The van der Waals surface area contributed by atoms with Crippen LogP contribution >= 0.6 is 24.0 Å². The molecule has 2 aliphatic rings. The molecule has 4 aromatic rings. The lowest BCUT2D eigenvalue weighted by Crippen LogP contribution is -2.36. The van der Waals surface area contributed by atoms with Crippen molar-refractivity contribution in [3.05, 3.63) is 77.4 Å². The van der Waals surface area contributed by atoms with Crippen LogP contribution in [0.1, 0.15) is 54.4 Å². The fourth-order valence-electron chi connectivity index (χ4n) is 5.91. The summed E-state index contributed by atoms with van der Waals surface area (Å²) in [6, 6.07) is 17.9. The van der Waals surface area contributed by atoms with Crippen LogP contribution in [-0.2, 0) is 0 Å². The molecule has 0 spiro atoms. The van der Waals surface area contributed by atoms with E-state index in [-0.39, 0.29) is 39.2 Å². The third-order valence-corrected chi connectivity index (χ3v) is 9.21. The molecule has 2 fully saturated rings. The molecule has 260 valence electrons. The maximum absolute atomic E-state index is 8.62. The van der Waals surface area contributed by atoms with Crippen molar-refractivity contribution in [3.63, 3.8) is 0 Å². The number of nitrogens with zero attached hydrogens (tertiary/aromatic N) is 5. The van der Waals surface area contributed by atoms with Gasteiger partial charge in [0.25, 0.3) is 0 Å². The minimum Gasteiger partial charge on any atom is -0.497 e. The highest BCUT2D eigenvalue weighted by Crippen LogP contribution is 2.32. The highest BCUT2D eigenvalue weighted by Gasteiger charge is 2.27. The van der Waals surface area contributed by atoms with E-state index >= 15 is 0 Å². The smallest absolute Gasteiger partial charge is 0.223 e. The molecule has 2 aliphatic heterocycles. The molecule has 48 heavy (non-hydrogen) atoms. The molecule has 2 aromatic heterocycles. The maximum Gasteiger partial charge on any atom is 0.223 e. The lowest BCUT2D eigenvalue weighted by atomic mass is 9.87. The predicted molar refractivity (Wildman–Crippen MR) is 204 cm³/mol. The van der Waals surface area contributed by atoms with Gasteiger partial charge in [-0.2, -0.15) is 5.26 Å². The Labute approximate surface area is 299 Å². The molecule has 6 rings (SSSR count). The summed E-state index contributed by atoms with van der Waals surface area (Å²) < 4.78 is 10.4. The number of ether oxygens (including phenoxy) is 2. The molecular formula is C38H52Cl2N6O2. The second-order valence-electron chi connectivity index (χ2n) is 11.6. The van der Waals surface area contributed by atoms with Gasteiger partial charge in [0, 0.05) is 60.7 Å². The Bertz CT molecular complexity index is 1630. The fourth-order valence-corrected chi connectivity index (χ4v) is 6.12. The summed E-state index contributed by atoms with van der Waals surface area (Å²) in [4.78, 5) is 14.7. The number of nitrogens with one attached hydrogen (secondary N) is 1. The number of methoxy groups -OCH3 is 2. The van der Waals surface area contributed by atoms with Crippen LogP contribution < -0.4 is 19.7 Å². The predicted octanol–water partition coefficient (Wildman–Crippen LogP) is 9.50. The Morgan fingerprint density at radius 1 is 0.875 bits per heavy atom. The topological polar surface area (TPSA) is 87.7 Å². The summed E-state index contributed by atoms with van der Waals surface area (Å²) in [5, 5.41) is 14.7. The van der Waals surface area contributed by atoms with Gasteiger partial charge in [-0.05, 0) is 100 Å². The van der Waals surface area contributed by atoms with E-state index in [1.165, 1.54) is 18.5 Å². The van der Waals surface area contributed by atoms with Gasteiger partial charge in [0.2, 0.25) is 6.04 Å². The van der Waals surface area contributed by atoms with Crippen LogP contribution in [-0.4, -0.2) is 56.4 Å². The van der Waals surface area contributed by atoms with Crippen molar-refractivity contribution in [2.45, 2.75) is 60.4 Å². The number of halogens is 2. The largest absolute Gasteiger partial charge is 0.497 e. The summed E-state index contributed by atoms with van der Waals surface area (Å²) in [5.41, 5.74) is 3.10. The second-order valence-corrected chi connectivity index (χ2v) is 12.0. The molecule has 2 unspecified atom stereocenters. The van der Waals surface area contributed by atoms with Crippen molar-refractivity contribution in [2.24, 2.45) is 17.8 Å². The normalized spacial score (nSPS) is 15.6. The Morgan fingerprint density at radius 2 is 1.42 bits per heavy atom. The summed E-state index contributed by atoms with van der Waals surface area (Å²) >= 11 is 5.99. The number of hydrogen-bond acceptors (Lipinski definition) is 7. The van der Waals surface area contributed by atoms with Gasteiger partial charge in [-0.3, -0.25) is 9.97 Å². The summed E-state index contributed by atoms with van der Waals surface area (Å²) in [6.07, 6.45) is 8.08. The highest BCUT2D eigenvalue weighted by molar-refractivity contribution is 6.35. The first-order valence-corrected chi connectivity index (χ1v) is 16.0. The summed E-state index contributed by atoms with van der Waals surface area (Å²) in [5.74, 6) is 3.07. The molecule has 10 heteroatoms. The number of nitriles is 1. The number of fused-ring (bicyclic) bond motifs is 2. The number of hydrogen-bond donors (Lipinski definition) is 1. The monoisotopic (exact) mass is 694 g/mol. The van der Waals surface area contributed by atoms with Gasteiger partial charge in [0.05, 0.1) is 36.3 Å². The lowest BCUT2D eigenvalue weighted by Gasteiger charge is -2.33. The Kier molecular flexibility index (Phi) is 18.7. The quantitative estimate of drug-likeness (QED) is 0.208. The number of anilines is 1. The van der Waals surface area contributed by atoms with E-state index in [9.17, 15) is 0 Å². The standard InChI is InChI=1S/C18H21N3O.C10H8ClNO.C8H14N2.2CH4.ClH/c1-13(19-2)14-7-10-21(11-8-14)18-6-9-20-17-5-4-15(22-3)12-16(17)18;1-13-7-2-3-10-8(6-7)9(11)4-5-12-10;1-7(6-9)8-2-4-10-5-3-8;;;/h4-6,9,12-14H,7-8,10-11H2,1,3H3;2-6H,1H3;7-8,10H,2-5H2,1H3;2*1H4;1H. The number of aromatic nitrogens is 2. The molecule has 0 radical (unpaired) electrons. The SMILES string of the molecule is C.C.CC(C#N)C1CCNCC1.COc1ccc2nccc(Cl)c2c1.Cl.[C-]#[N+]C(C)C1CCN(c2ccnc3ccc(OC)cc23)CC1. The Balaban J connectivity index is 0.000000381. The van der Waals surface area contributed by atoms with Crippen LogP contribution in [0.15, 0.2) is 60.9 Å². The molecule has 8 nitrogen and oxygen atoms in total. The van der Waals surface area contributed by atoms with Crippen molar-refractivity contribution in [1.82, 2.24) is 15.3 Å². The highest BCUT2D eigenvalue weighted by atomic mass is 35.5. The zero-order chi connectivity index (χ0) is 32.2. The molecule has 0 bridgehead atoms. The summed E-state index contributed by atoms with van der Waals surface area (Å²) in [7, 11) is 3.32. The van der Waals surface area contributed by atoms with E-state index in [0.29, 0.717) is 16.9 Å². The first-order chi connectivity index (χ1) is 21.9. The van der Waals surface area contributed by atoms with Crippen LogP contribution in [0.25, 0.3) is 26.7 Å². The molecular weight excluding hydrogens is 643 g/mol. The Hall–Kier alpha value is -3.82. The van der Waals surface area contributed by atoms with E-state index < -0.39 is 0 Å². The molecule has 4 heterocycles. The molecule has 1 N–H and O–H groups in total. The molecule has 0 aliphatic carbocycles. The van der Waals surface area contributed by atoms with Gasteiger partial charge in [0.1, 0.15) is 11.5 Å². The van der Waals surface area contributed by atoms with Gasteiger partial charge in [0.15, 0.2) is 0 Å². The fraction of sp³-hybridized carbons (Fsp3) is 0.474. The third kappa shape index (κ3) is 11.1. The van der Waals surface area contributed by atoms with E-state index in [1.54, 1.807) is 26.5 Å². The van der Waals surface area contributed by atoms with Crippen molar-refractivity contribution in [3.8, 4) is 17.6 Å². The number of rotatable bonds is 5. The van der Waals surface area contributed by atoms with Crippen molar-refractivity contribution < 1.29 is 9.47 Å². The average molecular weight is 696 g/mol. The summed E-state index contributed by atoms with van der Waals surface area (Å²) in [6.45, 7) is 15.5. The van der Waals surface area contributed by atoms with Crippen molar-refractivity contribution in [2.75, 3.05) is 45.3 Å². The number of piperidine rings is 2. The van der Waals surface area contributed by atoms with Crippen LogP contribution in [0, 0.1) is 35.7 Å². The zero-order valence-corrected chi connectivity index (χ0v) is 28.7. The molecule has 0 saturated carbocycles. The minimum atomic E-state index is 0. The maximum atomic E-state index is 8.62. The van der Waals surface area contributed by atoms with Gasteiger partial charge in [-0.1, -0.05) is 26.5 Å². The van der Waals surface area contributed by atoms with E-state index in [4.69, 9.17) is 32.9 Å². The van der Waals surface area contributed by atoms with Gasteiger partial charge in [-0.15, -0.1) is 12.4 Å². The molecule has 0 amide bonds. The molecule has 2 saturated heterocycles. The third-order valence-electron chi connectivity index (χ3n) is 8.88.